The Morgan fingerprint density at radius 2 is 1.89 bits per heavy atom. The Hall–Kier alpha value is -0.640. The number of hydrogen-bond acceptors (Lipinski definition) is 2. The summed E-state index contributed by atoms with van der Waals surface area (Å²) in [5, 5.41) is 0. The lowest BCUT2D eigenvalue weighted by molar-refractivity contribution is -0.138. The number of nitrogens with zero attached hydrogens (tertiary/aromatic N) is 1. The second-order valence-corrected chi connectivity index (χ2v) is 6.42. The first-order valence-electron chi connectivity index (χ1n) is 7.15. The van der Waals surface area contributed by atoms with Crippen LogP contribution in [0.5, 0.6) is 0 Å². The summed E-state index contributed by atoms with van der Waals surface area (Å²) in [6.07, 6.45) is 7.31. The van der Waals surface area contributed by atoms with Crippen LogP contribution in [0.25, 0.3) is 0 Å². The number of hydrogen-bond donors (Lipinski definition) is 1. The molecule has 1 aliphatic heterocycles. The van der Waals surface area contributed by atoms with Crippen molar-refractivity contribution in [1.82, 2.24) is 4.90 Å². The van der Waals surface area contributed by atoms with Crippen LogP contribution < -0.4 is 5.73 Å². The first-order valence-corrected chi connectivity index (χ1v) is 7.56. The summed E-state index contributed by atoms with van der Waals surface area (Å²) in [6, 6.07) is 0. The van der Waals surface area contributed by atoms with E-state index in [2.05, 4.69) is 6.92 Å². The van der Waals surface area contributed by atoms with Crippen molar-refractivity contribution in [3.63, 3.8) is 0 Å². The molecule has 2 fully saturated rings. The highest BCUT2D eigenvalue weighted by atomic mass is 32.1. The van der Waals surface area contributed by atoms with Crippen LogP contribution in [0.2, 0.25) is 0 Å². The normalized spacial score (nSPS) is 27.8. The molecule has 1 atom stereocenters. The third-order valence-electron chi connectivity index (χ3n) is 4.64. The van der Waals surface area contributed by atoms with E-state index in [0.29, 0.717) is 4.99 Å². The fraction of sp³-hybridized carbons (Fsp3) is 0.857. The molecule has 4 heteroatoms. The first-order chi connectivity index (χ1) is 8.56. The van der Waals surface area contributed by atoms with Gasteiger partial charge in [-0.2, -0.15) is 0 Å². The lowest BCUT2D eigenvalue weighted by Gasteiger charge is -2.33. The van der Waals surface area contributed by atoms with Crippen LogP contribution >= 0.6 is 12.2 Å². The molecule has 102 valence electrons. The van der Waals surface area contributed by atoms with Crippen molar-refractivity contribution < 1.29 is 4.79 Å². The van der Waals surface area contributed by atoms with Gasteiger partial charge in [0.1, 0.15) is 0 Å². The van der Waals surface area contributed by atoms with E-state index in [1.54, 1.807) is 0 Å². The summed E-state index contributed by atoms with van der Waals surface area (Å²) < 4.78 is 0. The van der Waals surface area contributed by atoms with Gasteiger partial charge >= 0.3 is 0 Å². The van der Waals surface area contributed by atoms with Gasteiger partial charge in [-0.1, -0.05) is 32.0 Å². The van der Waals surface area contributed by atoms with Crippen LogP contribution in [0.3, 0.4) is 0 Å². The summed E-state index contributed by atoms with van der Waals surface area (Å²) in [5.74, 6) is 0.939. The molecule has 3 nitrogen and oxygen atoms in total. The zero-order valence-electron chi connectivity index (χ0n) is 11.3. The highest BCUT2D eigenvalue weighted by Gasteiger charge is 2.46. The quantitative estimate of drug-likeness (QED) is 0.783. The number of rotatable bonds is 2. The van der Waals surface area contributed by atoms with Gasteiger partial charge in [0.15, 0.2) is 0 Å². The number of carbonyl (C=O) groups is 1. The highest BCUT2D eigenvalue weighted by Crippen LogP contribution is 2.40. The van der Waals surface area contributed by atoms with Gasteiger partial charge in [-0.3, -0.25) is 4.79 Å². The molecule has 0 aromatic carbocycles. The molecule has 1 unspecified atom stereocenters. The van der Waals surface area contributed by atoms with E-state index in [1.165, 1.54) is 6.42 Å². The molecule has 0 radical (unpaired) electrons. The van der Waals surface area contributed by atoms with Gasteiger partial charge < -0.3 is 10.6 Å². The van der Waals surface area contributed by atoms with Crippen molar-refractivity contribution in [2.75, 3.05) is 13.1 Å². The summed E-state index contributed by atoms with van der Waals surface area (Å²) >= 11 is 5.20. The molecule has 1 saturated heterocycles. The molecule has 2 rings (SSSR count). The number of carbonyl (C=O) groups excluding carboxylic acids is 1. The molecular formula is C14H24N2OS. The maximum absolute atomic E-state index is 12.8. The van der Waals surface area contributed by atoms with Crippen LogP contribution in [0.15, 0.2) is 0 Å². The van der Waals surface area contributed by atoms with E-state index in [9.17, 15) is 4.79 Å². The van der Waals surface area contributed by atoms with Gasteiger partial charge in [-0.15, -0.1) is 0 Å². The minimum absolute atomic E-state index is 0.210. The fourth-order valence-electron chi connectivity index (χ4n) is 3.31. The van der Waals surface area contributed by atoms with Crippen LogP contribution in [0.1, 0.15) is 51.9 Å². The summed E-state index contributed by atoms with van der Waals surface area (Å²) in [4.78, 5) is 15.2. The second kappa shape index (κ2) is 5.55. The SMILES string of the molecule is CC1CCCN(C(=O)C2(C(N)=S)CCCC2)CC1. The maximum atomic E-state index is 12.8. The highest BCUT2D eigenvalue weighted by molar-refractivity contribution is 7.80. The molecule has 18 heavy (non-hydrogen) atoms. The first kappa shape index (κ1) is 13.8. The van der Waals surface area contributed by atoms with Crippen molar-refractivity contribution in [2.45, 2.75) is 51.9 Å². The molecule has 0 aromatic rings. The molecule has 1 saturated carbocycles. The Balaban J connectivity index is 2.11. The van der Waals surface area contributed by atoms with Gasteiger partial charge in [0.05, 0.1) is 10.4 Å². The van der Waals surface area contributed by atoms with Gasteiger partial charge in [-0.25, -0.2) is 0 Å². The summed E-state index contributed by atoms with van der Waals surface area (Å²) in [5.41, 5.74) is 5.38. The standard InChI is InChI=1S/C14H24N2OS/c1-11-5-4-9-16(10-6-11)13(17)14(12(15)18)7-2-3-8-14/h11H,2-10H2,1H3,(H2,15,18). The Morgan fingerprint density at radius 3 is 2.50 bits per heavy atom. The molecule has 1 heterocycles. The Kier molecular flexibility index (Phi) is 4.25. The van der Waals surface area contributed by atoms with E-state index in [4.69, 9.17) is 18.0 Å². The lowest BCUT2D eigenvalue weighted by atomic mass is 9.84. The number of thiocarbonyl (C=S) groups is 1. The molecule has 0 aromatic heterocycles. The van der Waals surface area contributed by atoms with E-state index < -0.39 is 5.41 Å². The topological polar surface area (TPSA) is 46.3 Å². The Labute approximate surface area is 115 Å². The molecule has 0 spiro atoms. The molecular weight excluding hydrogens is 244 g/mol. The average Bonchev–Trinajstić information content (AvgIpc) is 2.74. The molecule has 2 N–H and O–H groups in total. The number of amides is 1. The average molecular weight is 268 g/mol. The van der Waals surface area contributed by atoms with E-state index >= 15 is 0 Å². The summed E-state index contributed by atoms with van der Waals surface area (Å²) in [7, 11) is 0. The van der Waals surface area contributed by atoms with Crippen molar-refractivity contribution in [3.8, 4) is 0 Å². The van der Waals surface area contributed by atoms with E-state index in [0.717, 1.165) is 57.5 Å². The molecule has 2 aliphatic rings. The predicted molar refractivity (Wildman–Crippen MR) is 77.3 cm³/mol. The predicted octanol–water partition coefficient (Wildman–Crippen LogP) is 2.48. The van der Waals surface area contributed by atoms with Crippen LogP contribution in [0.4, 0.5) is 0 Å². The Bertz CT molecular complexity index is 337. The van der Waals surface area contributed by atoms with E-state index in [-0.39, 0.29) is 5.91 Å². The molecule has 0 bridgehead atoms. The monoisotopic (exact) mass is 268 g/mol. The third-order valence-corrected chi connectivity index (χ3v) is 5.03. The second-order valence-electron chi connectivity index (χ2n) is 5.98. The van der Waals surface area contributed by atoms with Crippen molar-refractivity contribution in [1.29, 1.82) is 0 Å². The van der Waals surface area contributed by atoms with Gasteiger partial charge in [-0.05, 0) is 38.0 Å². The maximum Gasteiger partial charge on any atom is 0.235 e. The third kappa shape index (κ3) is 2.53. The Morgan fingerprint density at radius 1 is 1.22 bits per heavy atom. The van der Waals surface area contributed by atoms with Crippen LogP contribution in [-0.4, -0.2) is 28.9 Å². The zero-order valence-corrected chi connectivity index (χ0v) is 12.1. The number of likely N-dealkylation sites (tertiary alicyclic amines) is 1. The minimum Gasteiger partial charge on any atom is -0.392 e. The van der Waals surface area contributed by atoms with Gasteiger partial charge in [0.25, 0.3) is 0 Å². The van der Waals surface area contributed by atoms with Gasteiger partial charge in [0, 0.05) is 13.1 Å². The van der Waals surface area contributed by atoms with Crippen LogP contribution in [-0.2, 0) is 4.79 Å². The fourth-order valence-corrected chi connectivity index (χ4v) is 3.60. The lowest BCUT2D eigenvalue weighted by Crippen LogP contribution is -2.49. The van der Waals surface area contributed by atoms with Crippen LogP contribution in [0, 0.1) is 11.3 Å². The largest absolute Gasteiger partial charge is 0.392 e. The smallest absolute Gasteiger partial charge is 0.235 e. The summed E-state index contributed by atoms with van der Waals surface area (Å²) in [6.45, 7) is 4.03. The molecule has 1 amide bonds. The van der Waals surface area contributed by atoms with Crippen molar-refractivity contribution in [2.24, 2.45) is 17.1 Å². The number of nitrogens with two attached hydrogens (primary N) is 1. The van der Waals surface area contributed by atoms with E-state index in [1.807, 2.05) is 4.90 Å². The van der Waals surface area contributed by atoms with Gasteiger partial charge in [0.2, 0.25) is 5.91 Å². The minimum atomic E-state index is -0.511. The zero-order chi connectivity index (χ0) is 13.2. The van der Waals surface area contributed by atoms with Crippen molar-refractivity contribution in [3.05, 3.63) is 0 Å². The van der Waals surface area contributed by atoms with Crippen molar-refractivity contribution >= 4 is 23.1 Å². The molecule has 1 aliphatic carbocycles.